The van der Waals surface area contributed by atoms with Gasteiger partial charge in [-0.1, -0.05) is 156 Å². The number of allylic oxidation sites excluding steroid dienone is 2. The Balaban J connectivity index is 1.49. The van der Waals surface area contributed by atoms with Gasteiger partial charge >= 0.3 is 0 Å². The van der Waals surface area contributed by atoms with E-state index in [1.807, 2.05) is 0 Å². The Morgan fingerprint density at radius 2 is 0.625 bits per heavy atom. The molecule has 0 saturated carbocycles. The van der Waals surface area contributed by atoms with E-state index in [0.717, 1.165) is 30.6 Å². The van der Waals surface area contributed by atoms with Crippen molar-refractivity contribution in [2.45, 2.75) is 119 Å². The van der Waals surface area contributed by atoms with Gasteiger partial charge in [-0.25, -0.2) is 0 Å². The van der Waals surface area contributed by atoms with Crippen LogP contribution in [0.5, 0.6) is 0 Å². The second-order valence-corrected chi connectivity index (χ2v) is 21.6. The molecule has 0 bridgehead atoms. The predicted molar refractivity (Wildman–Crippen MR) is 269 cm³/mol. The number of hydrogen-bond donors (Lipinski definition) is 0. The SMILES string of the molecule is CC(C)c1cc(C(C)C)c(-c2cc(C=C3C(=O)c4ccccc4C3=O)sc2-c2sc(C=C3C(=O)c4ccccc4C3=O)cc2-c2c(C(C)C)cc(C(C)C)cc2C(C)C)c(C(C)C)c1. The van der Waals surface area contributed by atoms with Crippen molar-refractivity contribution >= 4 is 58.0 Å². The largest absolute Gasteiger partial charge is 0.288 e. The summed E-state index contributed by atoms with van der Waals surface area (Å²) in [6.45, 7) is 27.0. The Morgan fingerprint density at radius 3 is 0.859 bits per heavy atom. The number of Topliss-reactive ketones (excluding diaryl/α,β-unsaturated/α-hetero) is 4. The number of fused-ring (bicyclic) bond motifs is 2. The van der Waals surface area contributed by atoms with Gasteiger partial charge in [0.1, 0.15) is 0 Å². The van der Waals surface area contributed by atoms with Gasteiger partial charge < -0.3 is 0 Å². The van der Waals surface area contributed by atoms with Gasteiger partial charge in [0.15, 0.2) is 23.1 Å². The Hall–Kier alpha value is -5.56. The van der Waals surface area contributed by atoms with Crippen LogP contribution in [-0.4, -0.2) is 23.1 Å². The minimum atomic E-state index is -0.255. The standard InChI is InChI=1S/C58H58O4S2/c1-29(2)35-21-43(31(5)6)51(44(22-35)32(7)8)47-25-37(27-49-53(59)39-17-13-14-18-40(39)54(49)60)63-57(47)58-48(52-45(33(9)10)23-36(30(3)4)24-46(52)34(11)12)26-38(64-58)28-50-55(61)41-19-15-16-20-42(41)56(50)62/h13-34H,1-12H3. The normalized spacial score (nSPS) is 13.9. The second-order valence-electron chi connectivity index (χ2n) is 19.4. The van der Waals surface area contributed by atoms with E-state index in [2.05, 4.69) is 119 Å². The van der Waals surface area contributed by atoms with Crippen molar-refractivity contribution in [2.75, 3.05) is 0 Å². The van der Waals surface area contributed by atoms with E-state index in [9.17, 15) is 19.2 Å². The van der Waals surface area contributed by atoms with Gasteiger partial charge in [0.25, 0.3) is 0 Å². The van der Waals surface area contributed by atoms with Crippen molar-refractivity contribution in [1.82, 2.24) is 0 Å². The van der Waals surface area contributed by atoms with E-state index >= 15 is 0 Å². The minimum absolute atomic E-state index is 0.173. The zero-order chi connectivity index (χ0) is 46.0. The minimum Gasteiger partial charge on any atom is -0.288 e. The zero-order valence-electron chi connectivity index (χ0n) is 39.2. The van der Waals surface area contributed by atoms with Crippen LogP contribution in [0.1, 0.15) is 203 Å². The number of benzene rings is 4. The van der Waals surface area contributed by atoms with Gasteiger partial charge in [-0.05, 0) is 104 Å². The topological polar surface area (TPSA) is 68.3 Å². The van der Waals surface area contributed by atoms with Crippen molar-refractivity contribution in [1.29, 1.82) is 0 Å². The number of hydrogen-bond acceptors (Lipinski definition) is 6. The van der Waals surface area contributed by atoms with Crippen molar-refractivity contribution in [3.8, 4) is 32.0 Å². The highest BCUT2D eigenvalue weighted by molar-refractivity contribution is 7.24. The molecule has 0 radical (unpaired) electrons. The average molecular weight is 883 g/mol. The van der Waals surface area contributed by atoms with Crippen molar-refractivity contribution < 1.29 is 19.2 Å². The van der Waals surface area contributed by atoms with E-state index in [1.165, 1.54) is 44.5 Å². The molecule has 8 rings (SSSR count). The number of thiophene rings is 2. The fourth-order valence-electron chi connectivity index (χ4n) is 9.30. The van der Waals surface area contributed by atoms with Gasteiger partial charge in [0, 0.05) is 43.1 Å². The highest BCUT2D eigenvalue weighted by atomic mass is 32.1. The van der Waals surface area contributed by atoms with Crippen molar-refractivity contribution in [3.05, 3.63) is 161 Å². The molecule has 0 spiro atoms. The summed E-state index contributed by atoms with van der Waals surface area (Å²) >= 11 is 3.19. The van der Waals surface area contributed by atoms with E-state index in [-0.39, 0.29) is 58.0 Å². The van der Waals surface area contributed by atoms with E-state index < -0.39 is 0 Å². The van der Waals surface area contributed by atoms with Crippen LogP contribution in [0.4, 0.5) is 0 Å². The zero-order valence-corrected chi connectivity index (χ0v) is 40.8. The fraction of sp³-hybridized carbons (Fsp3) is 0.310. The fourth-order valence-corrected chi connectivity index (χ4v) is 11.7. The summed E-state index contributed by atoms with van der Waals surface area (Å²) in [4.78, 5) is 59.3. The first-order valence-electron chi connectivity index (χ1n) is 22.8. The summed E-state index contributed by atoms with van der Waals surface area (Å²) in [5, 5.41) is 0. The van der Waals surface area contributed by atoms with Gasteiger partial charge in [0.05, 0.1) is 20.9 Å². The molecule has 0 N–H and O–H groups in total. The molecule has 2 heterocycles. The molecular formula is C58H58O4S2. The molecule has 0 unspecified atom stereocenters. The maximum Gasteiger partial charge on any atom is 0.197 e. The summed E-state index contributed by atoms with van der Waals surface area (Å²) < 4.78 is 0. The van der Waals surface area contributed by atoms with Crippen LogP contribution in [-0.2, 0) is 0 Å². The Labute approximate surface area is 387 Å². The van der Waals surface area contributed by atoms with Crippen LogP contribution in [0, 0.1) is 0 Å². The van der Waals surface area contributed by atoms with Gasteiger partial charge in [-0.2, -0.15) is 0 Å². The van der Waals surface area contributed by atoms with Crippen molar-refractivity contribution in [2.24, 2.45) is 0 Å². The molecule has 64 heavy (non-hydrogen) atoms. The molecule has 0 aliphatic heterocycles. The van der Waals surface area contributed by atoms with E-state index in [1.54, 1.807) is 83.4 Å². The third-order valence-corrected chi connectivity index (χ3v) is 15.2. The Kier molecular flexibility index (Phi) is 12.3. The molecule has 2 aromatic heterocycles. The molecule has 0 atom stereocenters. The van der Waals surface area contributed by atoms with Gasteiger partial charge in [-0.3, -0.25) is 19.2 Å². The number of carbonyl (C=O) groups is 4. The molecule has 4 nitrogen and oxygen atoms in total. The monoisotopic (exact) mass is 882 g/mol. The molecule has 4 aromatic carbocycles. The van der Waals surface area contributed by atoms with Crippen LogP contribution in [0.2, 0.25) is 0 Å². The lowest BCUT2D eigenvalue weighted by Gasteiger charge is -2.25. The van der Waals surface area contributed by atoms with Crippen molar-refractivity contribution in [3.63, 3.8) is 0 Å². The molecule has 2 aliphatic carbocycles. The maximum absolute atomic E-state index is 13.9. The molecule has 6 aromatic rings. The van der Waals surface area contributed by atoms with Gasteiger partial charge in [-0.15, -0.1) is 22.7 Å². The molecule has 6 heteroatoms. The number of ketones is 4. The summed E-state index contributed by atoms with van der Waals surface area (Å²) in [6, 6.07) is 28.0. The third kappa shape index (κ3) is 7.87. The highest BCUT2D eigenvalue weighted by Gasteiger charge is 2.35. The summed E-state index contributed by atoms with van der Waals surface area (Å²) in [6.07, 6.45) is 3.60. The summed E-state index contributed by atoms with van der Waals surface area (Å²) in [5.41, 5.74) is 14.1. The summed E-state index contributed by atoms with van der Waals surface area (Å²) in [5.74, 6) is 0.424. The first-order valence-corrected chi connectivity index (χ1v) is 24.4. The smallest absolute Gasteiger partial charge is 0.197 e. The van der Waals surface area contributed by atoms with E-state index in [0.29, 0.717) is 34.1 Å². The van der Waals surface area contributed by atoms with Crippen LogP contribution in [0.25, 0.3) is 44.2 Å². The maximum atomic E-state index is 13.9. The molecule has 0 saturated heterocycles. The highest BCUT2D eigenvalue weighted by Crippen LogP contribution is 2.54. The molecule has 2 aliphatic rings. The van der Waals surface area contributed by atoms with Crippen LogP contribution in [0.3, 0.4) is 0 Å². The van der Waals surface area contributed by atoms with Crippen LogP contribution in [0.15, 0.2) is 96.1 Å². The first-order chi connectivity index (χ1) is 30.4. The van der Waals surface area contributed by atoms with Crippen LogP contribution < -0.4 is 0 Å². The lowest BCUT2D eigenvalue weighted by Crippen LogP contribution is -2.04. The molecule has 0 fully saturated rings. The number of rotatable bonds is 11. The second kappa shape index (κ2) is 17.4. The Morgan fingerprint density at radius 1 is 0.359 bits per heavy atom. The Bertz CT molecular complexity index is 2640. The molecule has 326 valence electrons. The first kappa shape index (κ1) is 45.0. The third-order valence-electron chi connectivity index (χ3n) is 12.9. The average Bonchev–Trinajstić information content (AvgIpc) is 3.99. The van der Waals surface area contributed by atoms with Gasteiger partial charge in [0.2, 0.25) is 0 Å². The summed E-state index contributed by atoms with van der Waals surface area (Å²) in [7, 11) is 0. The lowest BCUT2D eigenvalue weighted by atomic mass is 9.80. The molecular weight excluding hydrogens is 825 g/mol. The quantitative estimate of drug-likeness (QED) is 0.0960. The number of carbonyl (C=O) groups excluding carboxylic acids is 4. The predicted octanol–water partition coefficient (Wildman–Crippen LogP) is 16.5. The molecule has 0 amide bonds. The lowest BCUT2D eigenvalue weighted by molar-refractivity contribution is 0.0975. The van der Waals surface area contributed by atoms with Crippen LogP contribution >= 0.6 is 22.7 Å². The van der Waals surface area contributed by atoms with E-state index in [4.69, 9.17) is 0 Å².